The quantitative estimate of drug-likeness (QED) is 0.885. The SMILES string of the molecule is CC1CCC(Nc2ncccc2Br)C1C. The average molecular weight is 269 g/mol. The first-order valence-electron chi connectivity index (χ1n) is 5.55. The van der Waals surface area contributed by atoms with Crippen LogP contribution in [0.1, 0.15) is 26.7 Å². The van der Waals surface area contributed by atoms with Gasteiger partial charge in [0.2, 0.25) is 0 Å². The Hall–Kier alpha value is -0.570. The maximum Gasteiger partial charge on any atom is 0.140 e. The van der Waals surface area contributed by atoms with E-state index in [1.807, 2.05) is 18.3 Å². The Morgan fingerprint density at radius 3 is 2.80 bits per heavy atom. The van der Waals surface area contributed by atoms with Gasteiger partial charge in [-0.1, -0.05) is 13.8 Å². The van der Waals surface area contributed by atoms with E-state index in [2.05, 4.69) is 40.1 Å². The Labute approximate surface area is 99.6 Å². The molecule has 1 aromatic rings. The maximum atomic E-state index is 4.34. The molecule has 1 fully saturated rings. The number of anilines is 1. The Kier molecular flexibility index (Phi) is 3.29. The van der Waals surface area contributed by atoms with E-state index in [9.17, 15) is 0 Å². The van der Waals surface area contributed by atoms with Gasteiger partial charge >= 0.3 is 0 Å². The van der Waals surface area contributed by atoms with Crippen LogP contribution in [0.15, 0.2) is 22.8 Å². The van der Waals surface area contributed by atoms with Crippen LogP contribution in [0, 0.1) is 11.8 Å². The highest BCUT2D eigenvalue weighted by atomic mass is 79.9. The summed E-state index contributed by atoms with van der Waals surface area (Å²) in [5.41, 5.74) is 0. The molecular weight excluding hydrogens is 252 g/mol. The number of nitrogens with zero attached hydrogens (tertiary/aromatic N) is 1. The highest BCUT2D eigenvalue weighted by Crippen LogP contribution is 2.34. The zero-order valence-electron chi connectivity index (χ0n) is 9.20. The summed E-state index contributed by atoms with van der Waals surface area (Å²) in [5, 5.41) is 3.53. The molecule has 82 valence electrons. The molecule has 1 saturated carbocycles. The fourth-order valence-electron chi connectivity index (χ4n) is 2.24. The first-order chi connectivity index (χ1) is 7.18. The molecule has 0 radical (unpaired) electrons. The zero-order chi connectivity index (χ0) is 10.8. The monoisotopic (exact) mass is 268 g/mol. The van der Waals surface area contributed by atoms with Gasteiger partial charge in [-0.25, -0.2) is 4.98 Å². The summed E-state index contributed by atoms with van der Waals surface area (Å²) in [4.78, 5) is 4.34. The van der Waals surface area contributed by atoms with Gasteiger partial charge in [0.15, 0.2) is 0 Å². The molecular formula is C12H17BrN2. The molecule has 0 amide bonds. The highest BCUT2D eigenvalue weighted by molar-refractivity contribution is 9.10. The molecule has 1 heterocycles. The number of hydrogen-bond donors (Lipinski definition) is 1. The summed E-state index contributed by atoms with van der Waals surface area (Å²) in [7, 11) is 0. The second-order valence-electron chi connectivity index (χ2n) is 4.50. The van der Waals surface area contributed by atoms with E-state index in [0.29, 0.717) is 6.04 Å². The molecule has 1 aliphatic rings. The minimum atomic E-state index is 0.575. The molecule has 2 rings (SSSR count). The largest absolute Gasteiger partial charge is 0.366 e. The lowest BCUT2D eigenvalue weighted by atomic mass is 9.98. The molecule has 1 aromatic heterocycles. The lowest BCUT2D eigenvalue weighted by molar-refractivity contribution is 0.435. The Morgan fingerprint density at radius 1 is 1.40 bits per heavy atom. The summed E-state index contributed by atoms with van der Waals surface area (Å²) in [6.07, 6.45) is 4.41. The number of rotatable bonds is 2. The Bertz CT molecular complexity index is 340. The van der Waals surface area contributed by atoms with Crippen molar-refractivity contribution in [3.05, 3.63) is 22.8 Å². The van der Waals surface area contributed by atoms with Crippen LogP contribution in [-0.2, 0) is 0 Å². The van der Waals surface area contributed by atoms with Crippen molar-refractivity contribution in [2.24, 2.45) is 11.8 Å². The average Bonchev–Trinajstić information content (AvgIpc) is 2.53. The normalized spacial score (nSPS) is 30.5. The van der Waals surface area contributed by atoms with Crippen molar-refractivity contribution in [2.45, 2.75) is 32.7 Å². The number of hydrogen-bond acceptors (Lipinski definition) is 2. The van der Waals surface area contributed by atoms with Crippen molar-refractivity contribution in [1.29, 1.82) is 0 Å². The van der Waals surface area contributed by atoms with Gasteiger partial charge in [-0.15, -0.1) is 0 Å². The van der Waals surface area contributed by atoms with E-state index in [0.717, 1.165) is 22.1 Å². The van der Waals surface area contributed by atoms with Crippen molar-refractivity contribution in [3.63, 3.8) is 0 Å². The van der Waals surface area contributed by atoms with E-state index < -0.39 is 0 Å². The van der Waals surface area contributed by atoms with Gasteiger partial charge < -0.3 is 5.32 Å². The molecule has 15 heavy (non-hydrogen) atoms. The number of halogens is 1. The topological polar surface area (TPSA) is 24.9 Å². The van der Waals surface area contributed by atoms with Gasteiger partial charge in [-0.05, 0) is 52.7 Å². The molecule has 0 aliphatic heterocycles. The van der Waals surface area contributed by atoms with Gasteiger partial charge in [0.05, 0.1) is 4.47 Å². The molecule has 3 heteroatoms. The van der Waals surface area contributed by atoms with Crippen LogP contribution in [0.2, 0.25) is 0 Å². The van der Waals surface area contributed by atoms with Gasteiger partial charge in [0, 0.05) is 12.2 Å². The fraction of sp³-hybridized carbons (Fsp3) is 0.583. The number of aromatic nitrogens is 1. The maximum absolute atomic E-state index is 4.34. The van der Waals surface area contributed by atoms with E-state index in [-0.39, 0.29) is 0 Å². The van der Waals surface area contributed by atoms with Crippen LogP contribution in [0.4, 0.5) is 5.82 Å². The molecule has 0 saturated heterocycles. The third kappa shape index (κ3) is 2.33. The lowest BCUT2D eigenvalue weighted by Crippen LogP contribution is -2.24. The van der Waals surface area contributed by atoms with Crippen molar-refractivity contribution < 1.29 is 0 Å². The fourth-order valence-corrected chi connectivity index (χ4v) is 2.61. The predicted molar refractivity (Wildman–Crippen MR) is 66.9 cm³/mol. The van der Waals surface area contributed by atoms with Gasteiger partial charge in [0.1, 0.15) is 5.82 Å². The molecule has 1 N–H and O–H groups in total. The molecule has 3 unspecified atom stereocenters. The minimum absolute atomic E-state index is 0.575. The van der Waals surface area contributed by atoms with Crippen LogP contribution < -0.4 is 5.32 Å². The molecule has 0 aromatic carbocycles. The molecule has 1 aliphatic carbocycles. The molecule has 0 bridgehead atoms. The third-order valence-electron chi connectivity index (χ3n) is 3.55. The van der Waals surface area contributed by atoms with Gasteiger partial charge in [-0.2, -0.15) is 0 Å². The summed E-state index contributed by atoms with van der Waals surface area (Å²) in [5.74, 6) is 2.53. The van der Waals surface area contributed by atoms with Crippen LogP contribution in [-0.4, -0.2) is 11.0 Å². The van der Waals surface area contributed by atoms with E-state index in [4.69, 9.17) is 0 Å². The van der Waals surface area contributed by atoms with Crippen LogP contribution in [0.3, 0.4) is 0 Å². The van der Waals surface area contributed by atoms with E-state index in [1.165, 1.54) is 12.8 Å². The predicted octanol–water partition coefficient (Wildman–Crippen LogP) is 3.69. The van der Waals surface area contributed by atoms with Crippen molar-refractivity contribution in [3.8, 4) is 0 Å². The van der Waals surface area contributed by atoms with Gasteiger partial charge in [-0.3, -0.25) is 0 Å². The molecule has 3 atom stereocenters. The second kappa shape index (κ2) is 4.52. The summed E-state index contributed by atoms with van der Waals surface area (Å²) in [6, 6.07) is 4.54. The number of pyridine rings is 1. The van der Waals surface area contributed by atoms with Gasteiger partial charge in [0.25, 0.3) is 0 Å². The van der Waals surface area contributed by atoms with Crippen molar-refractivity contribution in [1.82, 2.24) is 4.98 Å². The van der Waals surface area contributed by atoms with Crippen LogP contribution in [0.5, 0.6) is 0 Å². The first-order valence-corrected chi connectivity index (χ1v) is 6.35. The summed E-state index contributed by atoms with van der Waals surface area (Å²) in [6.45, 7) is 4.66. The highest BCUT2D eigenvalue weighted by Gasteiger charge is 2.29. The molecule has 2 nitrogen and oxygen atoms in total. The number of nitrogens with one attached hydrogen (secondary N) is 1. The zero-order valence-corrected chi connectivity index (χ0v) is 10.8. The van der Waals surface area contributed by atoms with Crippen molar-refractivity contribution >= 4 is 21.7 Å². The van der Waals surface area contributed by atoms with Crippen molar-refractivity contribution in [2.75, 3.05) is 5.32 Å². The first kappa shape index (κ1) is 10.9. The van der Waals surface area contributed by atoms with Crippen LogP contribution >= 0.6 is 15.9 Å². The standard InChI is InChI=1S/C12H17BrN2/c1-8-5-6-11(9(8)2)15-12-10(13)4-3-7-14-12/h3-4,7-9,11H,5-6H2,1-2H3,(H,14,15). The van der Waals surface area contributed by atoms with Crippen LogP contribution in [0.25, 0.3) is 0 Å². The minimum Gasteiger partial charge on any atom is -0.366 e. The summed E-state index contributed by atoms with van der Waals surface area (Å²) >= 11 is 3.51. The smallest absolute Gasteiger partial charge is 0.140 e. The summed E-state index contributed by atoms with van der Waals surface area (Å²) < 4.78 is 1.05. The Balaban J connectivity index is 2.07. The lowest BCUT2D eigenvalue weighted by Gasteiger charge is -2.20. The van der Waals surface area contributed by atoms with E-state index in [1.54, 1.807) is 0 Å². The Morgan fingerprint density at radius 2 is 2.20 bits per heavy atom. The second-order valence-corrected chi connectivity index (χ2v) is 5.35. The third-order valence-corrected chi connectivity index (χ3v) is 4.19. The van der Waals surface area contributed by atoms with E-state index >= 15 is 0 Å². The molecule has 0 spiro atoms.